The molecule has 1 atom stereocenters. The van der Waals surface area contributed by atoms with Crippen LogP contribution in [0.5, 0.6) is 0 Å². The van der Waals surface area contributed by atoms with Gasteiger partial charge in [0.15, 0.2) is 0 Å². The maximum Gasteiger partial charge on any atom is 0.142 e. The van der Waals surface area contributed by atoms with E-state index >= 15 is 0 Å². The first kappa shape index (κ1) is 16.5. The second-order valence-electron chi connectivity index (χ2n) is 4.93. The molecule has 0 amide bonds. The zero-order valence-corrected chi connectivity index (χ0v) is 14.6. The monoisotopic (exact) mass is 373 g/mol. The van der Waals surface area contributed by atoms with Crippen molar-refractivity contribution in [2.75, 3.05) is 6.54 Å². The molecule has 1 heterocycles. The Morgan fingerprint density at radius 1 is 1.48 bits per heavy atom. The minimum absolute atomic E-state index is 0.0655. The van der Waals surface area contributed by atoms with Gasteiger partial charge in [0.05, 0.1) is 20.9 Å². The van der Waals surface area contributed by atoms with Crippen LogP contribution in [-0.2, 0) is 13.5 Å². The van der Waals surface area contributed by atoms with Crippen LogP contribution in [0.15, 0.2) is 22.7 Å². The van der Waals surface area contributed by atoms with Gasteiger partial charge < -0.3 is 5.32 Å². The van der Waals surface area contributed by atoms with Crippen molar-refractivity contribution in [1.29, 1.82) is 0 Å². The molecule has 1 N–H and O–H groups in total. The number of hydrogen-bond acceptors (Lipinski definition) is 2. The lowest BCUT2D eigenvalue weighted by molar-refractivity contribution is 0.523. The molecule has 1 aromatic carbocycles. The summed E-state index contributed by atoms with van der Waals surface area (Å²) in [6, 6.07) is 4.85. The van der Waals surface area contributed by atoms with Gasteiger partial charge in [0.25, 0.3) is 0 Å². The van der Waals surface area contributed by atoms with E-state index in [1.165, 1.54) is 6.07 Å². The van der Waals surface area contributed by atoms with E-state index < -0.39 is 5.82 Å². The summed E-state index contributed by atoms with van der Waals surface area (Å²) in [5.74, 6) is -0.391. The molecule has 114 valence electrons. The van der Waals surface area contributed by atoms with Gasteiger partial charge in [0.2, 0.25) is 0 Å². The van der Waals surface area contributed by atoms with Crippen LogP contribution in [-0.4, -0.2) is 16.3 Å². The Balaban J connectivity index is 2.38. The Hall–Kier alpha value is -0.910. The topological polar surface area (TPSA) is 29.9 Å². The number of nitrogens with one attached hydrogen (secondary N) is 1. The van der Waals surface area contributed by atoms with E-state index in [1.54, 1.807) is 6.07 Å². The Labute approximate surface area is 137 Å². The summed E-state index contributed by atoms with van der Waals surface area (Å²) in [5, 5.41) is 7.94. The molecule has 0 aliphatic heterocycles. The van der Waals surface area contributed by atoms with Crippen molar-refractivity contribution < 1.29 is 4.39 Å². The van der Waals surface area contributed by atoms with Crippen LogP contribution in [0.4, 0.5) is 4.39 Å². The van der Waals surface area contributed by atoms with E-state index in [-0.39, 0.29) is 11.1 Å². The first-order valence-corrected chi connectivity index (χ1v) is 7.98. The SMILES string of the molecule is CCNC(Cc1c(Br)c(C)nn1C)c1cccc(F)c1Cl. The first-order valence-electron chi connectivity index (χ1n) is 6.81. The van der Waals surface area contributed by atoms with Crippen molar-refractivity contribution in [3.63, 3.8) is 0 Å². The van der Waals surface area contributed by atoms with E-state index in [0.717, 1.165) is 28.0 Å². The highest BCUT2D eigenvalue weighted by Gasteiger charge is 2.20. The van der Waals surface area contributed by atoms with Crippen molar-refractivity contribution >= 4 is 27.5 Å². The molecule has 1 unspecified atom stereocenters. The normalized spacial score (nSPS) is 12.7. The number of benzene rings is 1. The van der Waals surface area contributed by atoms with Crippen molar-refractivity contribution in [2.24, 2.45) is 7.05 Å². The van der Waals surface area contributed by atoms with Crippen molar-refractivity contribution in [3.8, 4) is 0 Å². The van der Waals surface area contributed by atoms with E-state index in [2.05, 4.69) is 26.3 Å². The van der Waals surface area contributed by atoms with Gasteiger partial charge in [-0.3, -0.25) is 4.68 Å². The fourth-order valence-corrected chi connectivity index (χ4v) is 3.18. The number of likely N-dealkylation sites (N-methyl/N-ethyl adjacent to an activating group) is 1. The van der Waals surface area contributed by atoms with E-state index in [4.69, 9.17) is 11.6 Å². The van der Waals surface area contributed by atoms with Gasteiger partial charge >= 0.3 is 0 Å². The summed E-state index contributed by atoms with van der Waals surface area (Å²) >= 11 is 9.69. The number of aryl methyl sites for hydroxylation is 2. The third-order valence-electron chi connectivity index (χ3n) is 3.47. The minimum Gasteiger partial charge on any atom is -0.310 e. The summed E-state index contributed by atoms with van der Waals surface area (Å²) in [4.78, 5) is 0. The molecule has 6 heteroatoms. The van der Waals surface area contributed by atoms with Gasteiger partial charge in [-0.05, 0) is 41.0 Å². The van der Waals surface area contributed by atoms with E-state index in [9.17, 15) is 4.39 Å². The Kier molecular flexibility index (Phi) is 5.41. The fourth-order valence-electron chi connectivity index (χ4n) is 2.42. The molecule has 0 fully saturated rings. The third-order valence-corrected chi connectivity index (χ3v) is 4.90. The molecular weight excluding hydrogens is 357 g/mol. The van der Waals surface area contributed by atoms with Gasteiger partial charge in [-0.25, -0.2) is 4.39 Å². The van der Waals surface area contributed by atoms with Crippen LogP contribution in [0.2, 0.25) is 5.02 Å². The number of rotatable bonds is 5. The highest BCUT2D eigenvalue weighted by molar-refractivity contribution is 9.10. The maximum atomic E-state index is 13.7. The molecule has 0 aliphatic rings. The lowest BCUT2D eigenvalue weighted by Crippen LogP contribution is -2.24. The minimum atomic E-state index is -0.391. The van der Waals surface area contributed by atoms with Crippen molar-refractivity contribution in [2.45, 2.75) is 26.3 Å². The number of nitrogens with zero attached hydrogens (tertiary/aromatic N) is 2. The molecule has 21 heavy (non-hydrogen) atoms. The molecule has 2 aromatic rings. The molecule has 0 saturated heterocycles. The van der Waals surface area contributed by atoms with Crippen molar-refractivity contribution in [1.82, 2.24) is 15.1 Å². The van der Waals surface area contributed by atoms with E-state index in [0.29, 0.717) is 6.42 Å². The van der Waals surface area contributed by atoms with E-state index in [1.807, 2.05) is 31.6 Å². The predicted octanol–water partition coefficient (Wildman–Crippen LogP) is 4.18. The highest BCUT2D eigenvalue weighted by Crippen LogP contribution is 2.30. The van der Waals surface area contributed by atoms with Gasteiger partial charge in [-0.15, -0.1) is 0 Å². The molecule has 0 saturated carbocycles. The second kappa shape index (κ2) is 6.90. The second-order valence-corrected chi connectivity index (χ2v) is 6.10. The predicted molar refractivity (Wildman–Crippen MR) is 87.2 cm³/mol. The zero-order chi connectivity index (χ0) is 15.6. The molecule has 0 aliphatic carbocycles. The first-order chi connectivity index (χ1) is 9.95. The third kappa shape index (κ3) is 3.47. The Morgan fingerprint density at radius 2 is 2.19 bits per heavy atom. The molecule has 0 bridgehead atoms. The lowest BCUT2D eigenvalue weighted by Gasteiger charge is -2.20. The summed E-state index contributed by atoms with van der Waals surface area (Å²) in [7, 11) is 1.91. The van der Waals surface area contributed by atoms with Gasteiger partial charge in [-0.2, -0.15) is 5.10 Å². The highest BCUT2D eigenvalue weighted by atomic mass is 79.9. The summed E-state index contributed by atoms with van der Waals surface area (Å²) in [6.45, 7) is 4.74. The van der Waals surface area contributed by atoms with Crippen LogP contribution in [0, 0.1) is 12.7 Å². The summed E-state index contributed by atoms with van der Waals surface area (Å²) < 4.78 is 16.5. The Morgan fingerprint density at radius 3 is 2.76 bits per heavy atom. The van der Waals surface area contributed by atoms with Gasteiger partial charge in [0.1, 0.15) is 5.82 Å². The van der Waals surface area contributed by atoms with Crippen LogP contribution in [0.1, 0.15) is 29.9 Å². The van der Waals surface area contributed by atoms with Crippen LogP contribution >= 0.6 is 27.5 Å². The fraction of sp³-hybridized carbons (Fsp3) is 0.400. The summed E-state index contributed by atoms with van der Waals surface area (Å²) in [5.41, 5.74) is 2.76. The molecule has 1 aromatic heterocycles. The standard InChI is InChI=1S/C15H18BrClFN3/c1-4-19-12(10-6-5-7-11(18)15(10)17)8-13-14(16)9(2)20-21(13)3/h5-7,12,19H,4,8H2,1-3H3. The van der Waals surface area contributed by atoms with Gasteiger partial charge in [-0.1, -0.05) is 30.7 Å². The van der Waals surface area contributed by atoms with Crippen LogP contribution in [0.3, 0.4) is 0 Å². The molecular formula is C15H18BrClFN3. The average Bonchev–Trinajstić information content (AvgIpc) is 2.68. The molecule has 0 spiro atoms. The number of hydrogen-bond donors (Lipinski definition) is 1. The van der Waals surface area contributed by atoms with Crippen LogP contribution in [0.25, 0.3) is 0 Å². The maximum absolute atomic E-state index is 13.7. The van der Waals surface area contributed by atoms with Crippen LogP contribution < -0.4 is 5.32 Å². The number of aromatic nitrogens is 2. The molecule has 3 nitrogen and oxygen atoms in total. The lowest BCUT2D eigenvalue weighted by atomic mass is 10.0. The van der Waals surface area contributed by atoms with Crippen molar-refractivity contribution in [3.05, 3.63) is 50.5 Å². The van der Waals surface area contributed by atoms with Gasteiger partial charge in [0, 0.05) is 19.5 Å². The smallest absolute Gasteiger partial charge is 0.142 e. The Bertz CT molecular complexity index is 642. The largest absolute Gasteiger partial charge is 0.310 e. The average molecular weight is 375 g/mol. The zero-order valence-electron chi connectivity index (χ0n) is 12.3. The molecule has 0 radical (unpaired) electrons. The molecule has 2 rings (SSSR count). The quantitative estimate of drug-likeness (QED) is 0.851. The number of halogens is 3. The summed E-state index contributed by atoms with van der Waals surface area (Å²) in [6.07, 6.45) is 0.676.